The zero-order valence-corrected chi connectivity index (χ0v) is 14.2. The normalized spacial score (nSPS) is 13.7. The summed E-state index contributed by atoms with van der Waals surface area (Å²) in [5.74, 6) is 0. The molecule has 0 fully saturated rings. The summed E-state index contributed by atoms with van der Waals surface area (Å²) < 4.78 is 0. The quantitative estimate of drug-likeness (QED) is 0.656. The molecule has 0 saturated heterocycles. The Balaban J connectivity index is 3.51. The summed E-state index contributed by atoms with van der Waals surface area (Å²) in [5.41, 5.74) is 2.81. The van der Waals surface area contributed by atoms with Crippen molar-refractivity contribution >= 4 is 10.0 Å². The summed E-state index contributed by atoms with van der Waals surface area (Å²) in [6.45, 7) is 18.9. The van der Waals surface area contributed by atoms with E-state index in [9.17, 15) is 0 Å². The average Bonchev–Trinajstić information content (AvgIpc) is 2.13. The summed E-state index contributed by atoms with van der Waals surface area (Å²) >= 11 is 0. The molecule has 0 amide bonds. The fraction of sp³-hybridized carbons (Fsp3) is 0.647. The summed E-state index contributed by atoms with van der Waals surface area (Å²) in [6.07, 6.45) is 0. The van der Waals surface area contributed by atoms with E-state index in [4.69, 9.17) is 0 Å². The molecule has 0 unspecified atom stereocenters. The van der Waals surface area contributed by atoms with E-state index >= 15 is 0 Å². The predicted octanol–water partition coefficient (Wildman–Crippen LogP) is 5.69. The van der Waals surface area contributed by atoms with Crippen molar-refractivity contribution in [2.75, 3.05) is 0 Å². The SMILES string of the molecule is Cc1cc(C)cc(S(C(C)C)(C(C)C)C(C)C)c1. The predicted molar refractivity (Wildman–Crippen MR) is 87.2 cm³/mol. The Kier molecular flexibility index (Phi) is 4.94. The highest BCUT2D eigenvalue weighted by Gasteiger charge is 2.36. The molecule has 18 heavy (non-hydrogen) atoms. The molecule has 0 aliphatic rings. The molecule has 0 nitrogen and oxygen atoms in total. The molecule has 0 radical (unpaired) electrons. The third-order valence-corrected chi connectivity index (χ3v) is 9.68. The van der Waals surface area contributed by atoms with Gasteiger partial charge in [-0.3, -0.25) is 0 Å². The third-order valence-electron chi connectivity index (χ3n) is 3.94. The molecule has 1 aromatic carbocycles. The van der Waals surface area contributed by atoms with Crippen LogP contribution < -0.4 is 0 Å². The molecule has 0 N–H and O–H groups in total. The van der Waals surface area contributed by atoms with Crippen molar-refractivity contribution in [3.63, 3.8) is 0 Å². The highest BCUT2D eigenvalue weighted by Crippen LogP contribution is 2.66. The van der Waals surface area contributed by atoms with Gasteiger partial charge in [-0.25, -0.2) is 10.0 Å². The van der Waals surface area contributed by atoms with Crippen LogP contribution in [0.2, 0.25) is 0 Å². The fourth-order valence-corrected chi connectivity index (χ4v) is 9.27. The Morgan fingerprint density at radius 3 is 1.28 bits per heavy atom. The number of hydrogen-bond donors (Lipinski definition) is 0. The summed E-state index contributed by atoms with van der Waals surface area (Å²) in [4.78, 5) is 1.61. The monoisotopic (exact) mass is 266 g/mol. The minimum Gasteiger partial charge on any atom is -0.207 e. The zero-order chi connectivity index (χ0) is 14.1. The van der Waals surface area contributed by atoms with Crippen LogP contribution in [0.3, 0.4) is 0 Å². The summed E-state index contributed by atoms with van der Waals surface area (Å²) in [6, 6.07) is 7.15. The molecule has 0 saturated carbocycles. The Labute approximate surface area is 116 Å². The molecule has 0 spiro atoms. The molecule has 0 atom stereocenters. The second-order valence-electron chi connectivity index (χ2n) is 6.23. The van der Waals surface area contributed by atoms with Crippen LogP contribution in [-0.4, -0.2) is 15.7 Å². The van der Waals surface area contributed by atoms with E-state index in [1.807, 2.05) is 0 Å². The van der Waals surface area contributed by atoms with Gasteiger partial charge in [0.25, 0.3) is 0 Å². The molecule has 0 heterocycles. The van der Waals surface area contributed by atoms with Crippen LogP contribution in [-0.2, 0) is 0 Å². The van der Waals surface area contributed by atoms with Gasteiger partial charge in [-0.1, -0.05) is 47.6 Å². The molecular weight excluding hydrogens is 236 g/mol. The first kappa shape index (κ1) is 15.6. The summed E-state index contributed by atoms with van der Waals surface area (Å²) in [7, 11) is -0.770. The molecule has 0 aliphatic carbocycles. The van der Waals surface area contributed by atoms with Crippen molar-refractivity contribution < 1.29 is 0 Å². The topological polar surface area (TPSA) is 0 Å². The van der Waals surface area contributed by atoms with E-state index in [2.05, 4.69) is 73.6 Å². The smallest absolute Gasteiger partial charge is 0.00869 e. The standard InChI is InChI=1S/C17H30S/c1-12(2)18(13(3)4,14(5)6)17-10-15(7)9-16(8)11-17/h9-14H,1-8H3. The van der Waals surface area contributed by atoms with Gasteiger partial charge in [-0.15, -0.1) is 0 Å². The number of aryl methyl sites for hydroxylation is 2. The highest BCUT2D eigenvalue weighted by molar-refractivity contribution is 8.35. The van der Waals surface area contributed by atoms with Crippen molar-refractivity contribution in [3.8, 4) is 0 Å². The van der Waals surface area contributed by atoms with Crippen molar-refractivity contribution in [3.05, 3.63) is 29.3 Å². The molecule has 0 bridgehead atoms. The molecule has 104 valence electrons. The van der Waals surface area contributed by atoms with E-state index in [0.717, 1.165) is 15.7 Å². The lowest BCUT2D eigenvalue weighted by Gasteiger charge is -2.52. The van der Waals surface area contributed by atoms with E-state index in [1.165, 1.54) is 11.1 Å². The summed E-state index contributed by atoms with van der Waals surface area (Å²) in [5, 5.41) is 2.20. The van der Waals surface area contributed by atoms with Gasteiger partial charge in [-0.2, -0.15) is 0 Å². The number of rotatable bonds is 4. The van der Waals surface area contributed by atoms with Crippen LogP contribution in [0.4, 0.5) is 0 Å². The highest BCUT2D eigenvalue weighted by atomic mass is 32.3. The lowest BCUT2D eigenvalue weighted by Crippen LogP contribution is -2.29. The Bertz CT molecular complexity index is 360. The first-order valence-corrected chi connectivity index (χ1v) is 8.93. The van der Waals surface area contributed by atoms with Gasteiger partial charge in [0.05, 0.1) is 0 Å². The molecule has 0 aromatic heterocycles. The van der Waals surface area contributed by atoms with Crippen molar-refractivity contribution in [1.29, 1.82) is 0 Å². The fourth-order valence-electron chi connectivity index (χ4n) is 3.59. The second kappa shape index (κ2) is 5.69. The average molecular weight is 266 g/mol. The maximum atomic E-state index is 2.43. The Morgan fingerprint density at radius 2 is 1.00 bits per heavy atom. The Morgan fingerprint density at radius 1 is 0.667 bits per heavy atom. The van der Waals surface area contributed by atoms with Crippen molar-refractivity contribution in [2.24, 2.45) is 0 Å². The molecule has 1 rings (SSSR count). The van der Waals surface area contributed by atoms with Gasteiger partial charge in [0.2, 0.25) is 0 Å². The van der Waals surface area contributed by atoms with Crippen molar-refractivity contribution in [1.82, 2.24) is 0 Å². The minimum atomic E-state index is -0.770. The van der Waals surface area contributed by atoms with Crippen LogP contribution >= 0.6 is 10.0 Å². The van der Waals surface area contributed by atoms with E-state index in [0.29, 0.717) is 0 Å². The molecule has 1 heteroatoms. The van der Waals surface area contributed by atoms with E-state index in [1.54, 1.807) is 4.90 Å². The van der Waals surface area contributed by atoms with Crippen LogP contribution in [0.5, 0.6) is 0 Å². The van der Waals surface area contributed by atoms with Gasteiger partial charge >= 0.3 is 0 Å². The molecule has 1 aromatic rings. The van der Waals surface area contributed by atoms with E-state index < -0.39 is 10.0 Å². The van der Waals surface area contributed by atoms with Crippen LogP contribution in [0.15, 0.2) is 23.1 Å². The Hall–Kier alpha value is -0.430. The maximum Gasteiger partial charge on any atom is -0.00869 e. The molecule has 0 aliphatic heterocycles. The largest absolute Gasteiger partial charge is 0.207 e. The minimum absolute atomic E-state index is 0.735. The lowest BCUT2D eigenvalue weighted by molar-refractivity contribution is 0.933. The third kappa shape index (κ3) is 2.61. The van der Waals surface area contributed by atoms with Crippen LogP contribution in [0.25, 0.3) is 0 Å². The van der Waals surface area contributed by atoms with E-state index in [-0.39, 0.29) is 0 Å². The maximum absolute atomic E-state index is 2.43. The van der Waals surface area contributed by atoms with Gasteiger partial charge in [0.15, 0.2) is 0 Å². The lowest BCUT2D eigenvalue weighted by atomic mass is 10.2. The van der Waals surface area contributed by atoms with Crippen molar-refractivity contribution in [2.45, 2.75) is 76.0 Å². The van der Waals surface area contributed by atoms with Gasteiger partial charge in [-0.05, 0) is 57.8 Å². The first-order chi connectivity index (χ1) is 8.22. The van der Waals surface area contributed by atoms with Crippen LogP contribution in [0, 0.1) is 13.8 Å². The number of hydrogen-bond acceptors (Lipinski definition) is 0. The van der Waals surface area contributed by atoms with Gasteiger partial charge in [0.1, 0.15) is 0 Å². The second-order valence-corrected chi connectivity index (χ2v) is 11.1. The van der Waals surface area contributed by atoms with Gasteiger partial charge < -0.3 is 0 Å². The zero-order valence-electron chi connectivity index (χ0n) is 13.4. The number of benzene rings is 1. The molecular formula is C17H30S. The van der Waals surface area contributed by atoms with Gasteiger partial charge in [0, 0.05) is 0 Å². The van der Waals surface area contributed by atoms with Crippen LogP contribution in [0.1, 0.15) is 52.7 Å². The first-order valence-electron chi connectivity index (χ1n) is 7.11.